The Bertz CT molecular complexity index is 752. The second-order valence-electron chi connectivity index (χ2n) is 5.53. The van der Waals surface area contributed by atoms with E-state index in [1.807, 2.05) is 13.8 Å². The molecular weight excluding hydrogens is 307 g/mol. The van der Waals surface area contributed by atoms with Crippen molar-refractivity contribution in [1.82, 2.24) is 0 Å². The standard InChI is InChI=1S/C17H16F3NO2/c1-9(2)14-12(6-7-13(15(14)21)16(22)23)10-4-3-5-11(8-10)17(18,19)20/h3-9H,21H2,1-2H3,(H,22,23). The van der Waals surface area contributed by atoms with Crippen molar-refractivity contribution < 1.29 is 23.1 Å². The van der Waals surface area contributed by atoms with Crippen molar-refractivity contribution >= 4 is 11.7 Å². The monoisotopic (exact) mass is 323 g/mol. The van der Waals surface area contributed by atoms with Crippen LogP contribution >= 0.6 is 0 Å². The molecule has 122 valence electrons. The SMILES string of the molecule is CC(C)c1c(-c2cccc(C(F)(F)F)c2)ccc(C(=O)O)c1N. The van der Waals surface area contributed by atoms with Crippen LogP contribution in [0.2, 0.25) is 0 Å². The third-order valence-corrected chi connectivity index (χ3v) is 3.60. The zero-order chi connectivity index (χ0) is 17.4. The van der Waals surface area contributed by atoms with Gasteiger partial charge in [-0.05, 0) is 40.8 Å². The molecule has 0 saturated carbocycles. The highest BCUT2D eigenvalue weighted by Crippen LogP contribution is 2.38. The highest BCUT2D eigenvalue weighted by atomic mass is 19.4. The molecule has 0 amide bonds. The summed E-state index contributed by atoms with van der Waals surface area (Å²) in [6, 6.07) is 7.73. The van der Waals surface area contributed by atoms with Crippen molar-refractivity contribution in [3.63, 3.8) is 0 Å². The first-order valence-electron chi connectivity index (χ1n) is 6.96. The lowest BCUT2D eigenvalue weighted by Crippen LogP contribution is -2.09. The Morgan fingerprint density at radius 2 is 1.83 bits per heavy atom. The highest BCUT2D eigenvalue weighted by Gasteiger charge is 2.30. The molecular formula is C17H16F3NO2. The first kappa shape index (κ1) is 16.9. The number of halogens is 3. The largest absolute Gasteiger partial charge is 0.478 e. The van der Waals surface area contributed by atoms with E-state index in [0.29, 0.717) is 16.7 Å². The summed E-state index contributed by atoms with van der Waals surface area (Å²) < 4.78 is 38.7. The third-order valence-electron chi connectivity index (χ3n) is 3.60. The van der Waals surface area contributed by atoms with Crippen LogP contribution in [0.3, 0.4) is 0 Å². The van der Waals surface area contributed by atoms with E-state index in [2.05, 4.69) is 0 Å². The van der Waals surface area contributed by atoms with Crippen LogP contribution in [-0.4, -0.2) is 11.1 Å². The van der Waals surface area contributed by atoms with Crippen LogP contribution in [0.15, 0.2) is 36.4 Å². The van der Waals surface area contributed by atoms with Gasteiger partial charge in [-0.2, -0.15) is 13.2 Å². The van der Waals surface area contributed by atoms with Gasteiger partial charge in [-0.1, -0.05) is 32.0 Å². The molecule has 0 aromatic heterocycles. The van der Waals surface area contributed by atoms with Crippen LogP contribution in [0, 0.1) is 0 Å². The summed E-state index contributed by atoms with van der Waals surface area (Å²) in [6.07, 6.45) is -4.44. The normalized spacial score (nSPS) is 11.7. The van der Waals surface area contributed by atoms with Gasteiger partial charge in [-0.15, -0.1) is 0 Å². The van der Waals surface area contributed by atoms with Gasteiger partial charge >= 0.3 is 12.1 Å². The zero-order valence-corrected chi connectivity index (χ0v) is 12.6. The maximum absolute atomic E-state index is 12.9. The molecule has 0 saturated heterocycles. The maximum Gasteiger partial charge on any atom is 0.416 e. The molecule has 0 heterocycles. The van der Waals surface area contributed by atoms with Gasteiger partial charge < -0.3 is 10.8 Å². The fourth-order valence-electron chi connectivity index (χ4n) is 2.56. The Morgan fingerprint density at radius 1 is 1.17 bits per heavy atom. The maximum atomic E-state index is 12.9. The number of benzene rings is 2. The van der Waals surface area contributed by atoms with Gasteiger partial charge in [-0.3, -0.25) is 0 Å². The smallest absolute Gasteiger partial charge is 0.416 e. The van der Waals surface area contributed by atoms with Crippen LogP contribution in [0.25, 0.3) is 11.1 Å². The Morgan fingerprint density at radius 3 is 2.35 bits per heavy atom. The number of hydrogen-bond donors (Lipinski definition) is 2. The minimum Gasteiger partial charge on any atom is -0.478 e. The molecule has 2 aromatic carbocycles. The van der Waals surface area contributed by atoms with E-state index in [9.17, 15) is 18.0 Å². The number of anilines is 1. The lowest BCUT2D eigenvalue weighted by Gasteiger charge is -2.18. The summed E-state index contributed by atoms with van der Waals surface area (Å²) in [5, 5.41) is 9.16. The van der Waals surface area contributed by atoms with E-state index in [1.165, 1.54) is 18.2 Å². The molecule has 2 aromatic rings. The minimum absolute atomic E-state index is 0.0515. The van der Waals surface area contributed by atoms with Gasteiger partial charge in [0, 0.05) is 0 Å². The van der Waals surface area contributed by atoms with Crippen molar-refractivity contribution in [3.05, 3.63) is 53.1 Å². The van der Waals surface area contributed by atoms with Crippen molar-refractivity contribution in [2.24, 2.45) is 0 Å². The van der Waals surface area contributed by atoms with E-state index in [-0.39, 0.29) is 17.2 Å². The van der Waals surface area contributed by atoms with Gasteiger partial charge in [0.25, 0.3) is 0 Å². The number of alkyl halides is 3. The molecule has 0 aliphatic rings. The van der Waals surface area contributed by atoms with Crippen LogP contribution in [0.5, 0.6) is 0 Å². The van der Waals surface area contributed by atoms with E-state index in [1.54, 1.807) is 6.07 Å². The lowest BCUT2D eigenvalue weighted by atomic mass is 9.88. The topological polar surface area (TPSA) is 63.3 Å². The van der Waals surface area contributed by atoms with Crippen molar-refractivity contribution in [3.8, 4) is 11.1 Å². The Labute approximate surface area is 131 Å². The molecule has 3 N–H and O–H groups in total. The predicted octanol–water partition coefficient (Wildman–Crippen LogP) is 4.78. The second kappa shape index (κ2) is 5.95. The van der Waals surface area contributed by atoms with E-state index in [0.717, 1.165) is 12.1 Å². The number of carboxylic acids is 1. The van der Waals surface area contributed by atoms with Crippen LogP contribution < -0.4 is 5.73 Å². The van der Waals surface area contributed by atoms with Crippen LogP contribution in [0.4, 0.5) is 18.9 Å². The number of carbonyl (C=O) groups is 1. The van der Waals surface area contributed by atoms with Crippen LogP contribution in [0.1, 0.15) is 41.3 Å². The molecule has 0 fully saturated rings. The Hall–Kier alpha value is -2.50. The zero-order valence-electron chi connectivity index (χ0n) is 12.6. The molecule has 3 nitrogen and oxygen atoms in total. The summed E-state index contributed by atoms with van der Waals surface area (Å²) in [7, 11) is 0. The summed E-state index contributed by atoms with van der Waals surface area (Å²) in [5.41, 5.74) is 6.61. The highest BCUT2D eigenvalue weighted by molar-refractivity contribution is 5.96. The van der Waals surface area contributed by atoms with Gasteiger partial charge in [0.15, 0.2) is 0 Å². The molecule has 2 rings (SSSR count). The lowest BCUT2D eigenvalue weighted by molar-refractivity contribution is -0.137. The first-order valence-corrected chi connectivity index (χ1v) is 6.96. The van der Waals surface area contributed by atoms with Gasteiger partial charge in [0.1, 0.15) is 0 Å². The minimum atomic E-state index is -4.44. The van der Waals surface area contributed by atoms with Crippen molar-refractivity contribution in [1.29, 1.82) is 0 Å². The molecule has 0 bridgehead atoms. The quantitative estimate of drug-likeness (QED) is 0.799. The predicted molar refractivity (Wildman–Crippen MR) is 82.3 cm³/mol. The molecule has 0 unspecified atom stereocenters. The summed E-state index contributed by atoms with van der Waals surface area (Å²) in [6.45, 7) is 3.63. The molecule has 6 heteroatoms. The molecule has 0 spiro atoms. The van der Waals surface area contributed by atoms with E-state index >= 15 is 0 Å². The Balaban J connectivity index is 2.69. The van der Waals surface area contributed by atoms with Crippen molar-refractivity contribution in [2.75, 3.05) is 5.73 Å². The first-order chi connectivity index (χ1) is 10.6. The molecule has 0 aliphatic heterocycles. The van der Waals surface area contributed by atoms with Crippen LogP contribution in [-0.2, 0) is 6.18 Å². The van der Waals surface area contributed by atoms with Crippen molar-refractivity contribution in [2.45, 2.75) is 25.9 Å². The number of carboxylic acid groups (broad SMARTS) is 1. The molecule has 0 aliphatic carbocycles. The second-order valence-corrected chi connectivity index (χ2v) is 5.53. The summed E-state index contributed by atoms with van der Waals surface area (Å²) >= 11 is 0. The summed E-state index contributed by atoms with van der Waals surface area (Å²) in [4.78, 5) is 11.2. The number of nitrogen functional groups attached to an aromatic ring is 1. The fraction of sp³-hybridized carbons (Fsp3) is 0.235. The van der Waals surface area contributed by atoms with Gasteiger partial charge in [0.05, 0.1) is 16.8 Å². The number of rotatable bonds is 3. The number of aromatic carboxylic acids is 1. The average molecular weight is 323 g/mol. The van der Waals surface area contributed by atoms with Gasteiger partial charge in [-0.25, -0.2) is 4.79 Å². The van der Waals surface area contributed by atoms with E-state index < -0.39 is 17.7 Å². The third kappa shape index (κ3) is 3.31. The molecule has 23 heavy (non-hydrogen) atoms. The van der Waals surface area contributed by atoms with E-state index in [4.69, 9.17) is 10.8 Å². The number of hydrogen-bond acceptors (Lipinski definition) is 2. The molecule has 0 radical (unpaired) electrons. The average Bonchev–Trinajstić information content (AvgIpc) is 2.45. The molecule has 0 atom stereocenters. The Kier molecular flexibility index (Phi) is 4.36. The number of nitrogens with two attached hydrogens (primary N) is 1. The fourth-order valence-corrected chi connectivity index (χ4v) is 2.56. The van der Waals surface area contributed by atoms with Gasteiger partial charge in [0.2, 0.25) is 0 Å². The summed E-state index contributed by atoms with van der Waals surface area (Å²) in [5.74, 6) is -1.31.